The summed E-state index contributed by atoms with van der Waals surface area (Å²) in [5, 5.41) is 0. The molecule has 0 aromatic heterocycles. The number of sulfonamides is 1. The molecule has 0 unspecified atom stereocenters. The Morgan fingerprint density at radius 1 is 1.05 bits per heavy atom. The lowest BCUT2D eigenvalue weighted by Crippen LogP contribution is -2.27. The highest BCUT2D eigenvalue weighted by atomic mass is 32.2. The van der Waals surface area contributed by atoms with E-state index in [1.807, 2.05) is 20.8 Å². The van der Waals surface area contributed by atoms with Gasteiger partial charge in [0.2, 0.25) is 10.0 Å². The molecule has 0 aliphatic rings. The van der Waals surface area contributed by atoms with E-state index >= 15 is 0 Å². The smallest absolute Gasteiger partial charge is 0.242 e. The van der Waals surface area contributed by atoms with E-state index in [4.69, 9.17) is 9.47 Å². The van der Waals surface area contributed by atoms with Crippen molar-refractivity contribution in [1.82, 2.24) is 4.31 Å². The Hall–Kier alpha value is -1.27. The molecule has 0 radical (unpaired) electrons. The van der Waals surface area contributed by atoms with E-state index in [0.717, 1.165) is 12.8 Å². The van der Waals surface area contributed by atoms with E-state index in [1.165, 1.54) is 10.4 Å². The van der Waals surface area contributed by atoms with Gasteiger partial charge in [-0.15, -0.1) is 0 Å². The van der Waals surface area contributed by atoms with Crippen LogP contribution >= 0.6 is 0 Å². The zero-order valence-corrected chi connectivity index (χ0v) is 14.1. The zero-order chi connectivity index (χ0) is 15.9. The van der Waals surface area contributed by atoms with Gasteiger partial charge in [0.15, 0.2) is 11.5 Å². The minimum Gasteiger partial charge on any atom is -0.490 e. The van der Waals surface area contributed by atoms with Crippen molar-refractivity contribution in [3.05, 3.63) is 18.2 Å². The molecule has 6 heteroatoms. The summed E-state index contributed by atoms with van der Waals surface area (Å²) >= 11 is 0. The number of hydrogen-bond donors (Lipinski definition) is 0. The van der Waals surface area contributed by atoms with E-state index in [0.29, 0.717) is 31.3 Å². The van der Waals surface area contributed by atoms with Gasteiger partial charge in [0.25, 0.3) is 0 Å². The average Bonchev–Trinajstić information content (AvgIpc) is 2.46. The van der Waals surface area contributed by atoms with Crippen molar-refractivity contribution in [3.63, 3.8) is 0 Å². The van der Waals surface area contributed by atoms with Gasteiger partial charge in [0.05, 0.1) is 18.1 Å². The molecule has 0 saturated carbocycles. The molecule has 0 heterocycles. The van der Waals surface area contributed by atoms with Gasteiger partial charge in [-0.05, 0) is 32.4 Å². The van der Waals surface area contributed by atoms with E-state index in [2.05, 4.69) is 0 Å². The molecule has 0 N–H and O–H groups in total. The molecule has 0 saturated heterocycles. The Bertz CT molecular complexity index is 543. The zero-order valence-electron chi connectivity index (χ0n) is 13.3. The summed E-state index contributed by atoms with van der Waals surface area (Å²) in [6, 6.07) is 4.74. The molecule has 0 amide bonds. The van der Waals surface area contributed by atoms with Gasteiger partial charge >= 0.3 is 0 Å². The topological polar surface area (TPSA) is 55.8 Å². The van der Waals surface area contributed by atoms with Gasteiger partial charge in [-0.3, -0.25) is 0 Å². The van der Waals surface area contributed by atoms with Crippen molar-refractivity contribution in [3.8, 4) is 11.5 Å². The molecule has 1 rings (SSSR count). The fraction of sp³-hybridized carbons (Fsp3) is 0.600. The first kappa shape index (κ1) is 17.8. The summed E-state index contributed by atoms with van der Waals surface area (Å²) in [6.07, 6.45) is 1.79. The van der Waals surface area contributed by atoms with Crippen molar-refractivity contribution in [2.75, 3.05) is 26.8 Å². The van der Waals surface area contributed by atoms with Gasteiger partial charge in [0.1, 0.15) is 0 Å². The van der Waals surface area contributed by atoms with E-state index in [9.17, 15) is 8.42 Å². The summed E-state index contributed by atoms with van der Waals surface area (Å²) in [5.74, 6) is 1.03. The van der Waals surface area contributed by atoms with Gasteiger partial charge in [0, 0.05) is 19.7 Å². The second-order valence-electron chi connectivity index (χ2n) is 4.65. The number of hydrogen-bond acceptors (Lipinski definition) is 4. The molecule has 21 heavy (non-hydrogen) atoms. The molecule has 0 bridgehead atoms. The molecule has 120 valence electrons. The third-order valence-electron chi connectivity index (χ3n) is 3.05. The molecule has 0 spiro atoms. The third kappa shape index (κ3) is 4.61. The fourth-order valence-corrected chi connectivity index (χ4v) is 3.10. The average molecular weight is 315 g/mol. The normalized spacial score (nSPS) is 11.7. The van der Waals surface area contributed by atoms with Gasteiger partial charge in [-0.25, -0.2) is 12.7 Å². The number of unbranched alkanes of at least 4 members (excludes halogenated alkanes) is 1. The number of benzene rings is 1. The maximum absolute atomic E-state index is 12.5. The predicted octanol–water partition coefficient (Wildman–Crippen LogP) is 2.90. The highest BCUT2D eigenvalue weighted by molar-refractivity contribution is 7.89. The van der Waals surface area contributed by atoms with Crippen LogP contribution in [0.2, 0.25) is 0 Å². The quantitative estimate of drug-likeness (QED) is 0.703. The second kappa shape index (κ2) is 8.24. The van der Waals surface area contributed by atoms with E-state index in [-0.39, 0.29) is 4.90 Å². The van der Waals surface area contributed by atoms with Crippen LogP contribution in [0.15, 0.2) is 23.1 Å². The lowest BCUT2D eigenvalue weighted by Gasteiger charge is -2.18. The maximum Gasteiger partial charge on any atom is 0.242 e. The van der Waals surface area contributed by atoms with Crippen LogP contribution in [0, 0.1) is 0 Å². The Morgan fingerprint density at radius 2 is 1.67 bits per heavy atom. The van der Waals surface area contributed by atoms with Crippen LogP contribution in [0.5, 0.6) is 11.5 Å². The first-order valence-corrected chi connectivity index (χ1v) is 8.77. The molecule has 0 aliphatic heterocycles. The number of nitrogens with zero attached hydrogens (tertiary/aromatic N) is 1. The summed E-state index contributed by atoms with van der Waals surface area (Å²) in [5.41, 5.74) is 0. The van der Waals surface area contributed by atoms with Crippen LogP contribution in [-0.4, -0.2) is 39.5 Å². The SMILES string of the molecule is CCCCN(C)S(=O)(=O)c1ccc(OCC)c(OCC)c1. The van der Waals surface area contributed by atoms with Crippen LogP contribution in [0.1, 0.15) is 33.6 Å². The summed E-state index contributed by atoms with van der Waals surface area (Å²) < 4.78 is 37.3. The Labute approximate surface area is 127 Å². The lowest BCUT2D eigenvalue weighted by molar-refractivity contribution is 0.287. The fourth-order valence-electron chi connectivity index (χ4n) is 1.87. The molecule has 1 aromatic carbocycles. The van der Waals surface area contributed by atoms with Gasteiger partial charge in [-0.1, -0.05) is 13.3 Å². The van der Waals surface area contributed by atoms with Crippen molar-refractivity contribution < 1.29 is 17.9 Å². The van der Waals surface area contributed by atoms with Crippen molar-refractivity contribution in [2.24, 2.45) is 0 Å². The predicted molar refractivity (Wildman–Crippen MR) is 83.5 cm³/mol. The largest absolute Gasteiger partial charge is 0.490 e. The summed E-state index contributed by atoms with van der Waals surface area (Å²) in [7, 11) is -1.89. The first-order chi connectivity index (χ1) is 9.97. The number of rotatable bonds is 9. The molecule has 1 aromatic rings. The monoisotopic (exact) mass is 315 g/mol. The van der Waals surface area contributed by atoms with Crippen LogP contribution in [0.4, 0.5) is 0 Å². The van der Waals surface area contributed by atoms with E-state index in [1.54, 1.807) is 19.2 Å². The maximum atomic E-state index is 12.5. The molecule has 0 atom stereocenters. The molecular formula is C15H25NO4S. The number of ether oxygens (including phenoxy) is 2. The summed E-state index contributed by atoms with van der Waals surface area (Å²) in [4.78, 5) is 0.230. The van der Waals surface area contributed by atoms with Crippen LogP contribution in [0.25, 0.3) is 0 Å². The molecule has 0 fully saturated rings. The van der Waals surface area contributed by atoms with Crippen LogP contribution in [0.3, 0.4) is 0 Å². The minimum atomic E-state index is -3.49. The Kier molecular flexibility index (Phi) is 6.98. The second-order valence-corrected chi connectivity index (χ2v) is 6.70. The highest BCUT2D eigenvalue weighted by Gasteiger charge is 2.22. The van der Waals surface area contributed by atoms with Gasteiger partial charge < -0.3 is 9.47 Å². The molecule has 0 aliphatic carbocycles. The Morgan fingerprint density at radius 3 is 2.24 bits per heavy atom. The Balaban J connectivity index is 3.09. The third-order valence-corrected chi connectivity index (χ3v) is 4.90. The van der Waals surface area contributed by atoms with Crippen molar-refractivity contribution in [2.45, 2.75) is 38.5 Å². The van der Waals surface area contributed by atoms with Gasteiger partial charge in [-0.2, -0.15) is 0 Å². The highest BCUT2D eigenvalue weighted by Crippen LogP contribution is 2.31. The molecule has 5 nitrogen and oxygen atoms in total. The van der Waals surface area contributed by atoms with Crippen LogP contribution in [-0.2, 0) is 10.0 Å². The lowest BCUT2D eigenvalue weighted by atomic mass is 10.3. The van der Waals surface area contributed by atoms with Crippen molar-refractivity contribution >= 4 is 10.0 Å². The minimum absolute atomic E-state index is 0.230. The van der Waals surface area contributed by atoms with E-state index < -0.39 is 10.0 Å². The van der Waals surface area contributed by atoms with Crippen molar-refractivity contribution in [1.29, 1.82) is 0 Å². The standard InChI is InChI=1S/C15H25NO4S/c1-5-8-11-16(4)21(17,18)13-9-10-14(19-6-2)15(12-13)20-7-3/h9-10,12H,5-8,11H2,1-4H3. The van der Waals surface area contributed by atoms with Crippen LogP contribution < -0.4 is 9.47 Å². The first-order valence-electron chi connectivity index (χ1n) is 7.33. The molecular weight excluding hydrogens is 290 g/mol. The summed E-state index contributed by atoms with van der Waals surface area (Å²) in [6.45, 7) is 7.22.